The summed E-state index contributed by atoms with van der Waals surface area (Å²) in [5, 5.41) is 4.67. The first kappa shape index (κ1) is 13.3. The number of nitrogens with zero attached hydrogens (tertiary/aromatic N) is 1. The molecule has 0 bridgehead atoms. The van der Waals surface area contributed by atoms with E-state index in [9.17, 15) is 0 Å². The van der Waals surface area contributed by atoms with Gasteiger partial charge in [0.25, 0.3) is 0 Å². The first-order valence-corrected chi connectivity index (χ1v) is 7.17. The zero-order valence-electron chi connectivity index (χ0n) is 11.3. The molecule has 0 aliphatic carbocycles. The lowest BCUT2D eigenvalue weighted by Crippen LogP contribution is -2.03. The third kappa shape index (κ3) is 2.37. The highest BCUT2D eigenvalue weighted by Crippen LogP contribution is 2.33. The number of hydrogen-bond donors (Lipinski definition) is 1. The van der Waals surface area contributed by atoms with Crippen LogP contribution in [0, 0.1) is 6.92 Å². The molecule has 1 heterocycles. The number of aromatic nitrogens is 1. The van der Waals surface area contributed by atoms with E-state index in [1.54, 1.807) is 0 Å². The number of hydrogen-bond acceptors (Lipinski definition) is 2. The summed E-state index contributed by atoms with van der Waals surface area (Å²) >= 11 is 3.61. The largest absolute Gasteiger partial charge is 0.385 e. The zero-order valence-corrected chi connectivity index (χ0v) is 12.9. The molecule has 18 heavy (non-hydrogen) atoms. The minimum absolute atomic E-state index is 0.430. The molecule has 0 aliphatic rings. The molecular weight excluding hydrogens is 288 g/mol. The molecule has 0 saturated carbocycles. The van der Waals surface area contributed by atoms with Crippen LogP contribution in [0.3, 0.4) is 0 Å². The third-order valence-corrected chi connectivity index (χ3v) is 3.74. The van der Waals surface area contributed by atoms with Crippen molar-refractivity contribution < 1.29 is 0 Å². The van der Waals surface area contributed by atoms with Crippen molar-refractivity contribution in [2.24, 2.45) is 0 Å². The highest BCUT2D eigenvalue weighted by atomic mass is 79.9. The highest BCUT2D eigenvalue weighted by Gasteiger charge is 2.12. The third-order valence-electron chi connectivity index (χ3n) is 3.10. The maximum absolute atomic E-state index is 4.79. The lowest BCUT2D eigenvalue weighted by atomic mass is 10.0. The molecule has 1 aromatic carbocycles. The van der Waals surface area contributed by atoms with Gasteiger partial charge in [0.15, 0.2) is 0 Å². The standard InChI is InChI=1S/C15H19BrN2/c1-5-17-13-8-12(9(2)3)18-15-11(16)7-6-10(4)14(13)15/h6-9H,5H2,1-4H3,(H,17,18). The molecular formula is C15H19BrN2. The summed E-state index contributed by atoms with van der Waals surface area (Å²) in [6, 6.07) is 6.38. The van der Waals surface area contributed by atoms with Crippen molar-refractivity contribution in [1.29, 1.82) is 0 Å². The van der Waals surface area contributed by atoms with Crippen LogP contribution in [-0.2, 0) is 0 Å². The molecule has 0 aliphatic heterocycles. The van der Waals surface area contributed by atoms with Gasteiger partial charge in [0.05, 0.1) is 5.52 Å². The van der Waals surface area contributed by atoms with Crippen LogP contribution >= 0.6 is 15.9 Å². The lowest BCUT2D eigenvalue weighted by molar-refractivity contribution is 0.829. The second-order valence-corrected chi connectivity index (χ2v) is 5.72. The second-order valence-electron chi connectivity index (χ2n) is 4.87. The van der Waals surface area contributed by atoms with Crippen molar-refractivity contribution in [2.75, 3.05) is 11.9 Å². The van der Waals surface area contributed by atoms with E-state index in [-0.39, 0.29) is 0 Å². The van der Waals surface area contributed by atoms with Gasteiger partial charge in [-0.3, -0.25) is 4.98 Å². The number of nitrogens with one attached hydrogen (secondary N) is 1. The molecule has 0 unspecified atom stereocenters. The molecule has 2 rings (SSSR count). The van der Waals surface area contributed by atoms with Crippen LogP contribution in [0.15, 0.2) is 22.7 Å². The fraction of sp³-hybridized carbons (Fsp3) is 0.400. The highest BCUT2D eigenvalue weighted by molar-refractivity contribution is 9.10. The van der Waals surface area contributed by atoms with Crippen LogP contribution in [0.2, 0.25) is 0 Å². The van der Waals surface area contributed by atoms with Crippen LogP contribution < -0.4 is 5.32 Å². The number of halogens is 1. The Hall–Kier alpha value is -1.09. The summed E-state index contributed by atoms with van der Waals surface area (Å²) < 4.78 is 1.06. The normalized spacial score (nSPS) is 11.2. The van der Waals surface area contributed by atoms with E-state index in [0.29, 0.717) is 5.92 Å². The van der Waals surface area contributed by atoms with Crippen molar-refractivity contribution in [3.05, 3.63) is 33.9 Å². The Bertz CT molecular complexity index is 576. The molecule has 1 N–H and O–H groups in total. The molecule has 0 amide bonds. The van der Waals surface area contributed by atoms with Gasteiger partial charge in [-0.05, 0) is 53.4 Å². The Balaban J connectivity index is 2.80. The van der Waals surface area contributed by atoms with E-state index in [2.05, 4.69) is 67.1 Å². The van der Waals surface area contributed by atoms with Crippen molar-refractivity contribution in [2.45, 2.75) is 33.6 Å². The van der Waals surface area contributed by atoms with Gasteiger partial charge in [0, 0.05) is 27.8 Å². The maximum Gasteiger partial charge on any atom is 0.0870 e. The summed E-state index contributed by atoms with van der Waals surface area (Å²) in [5.74, 6) is 0.430. The molecule has 96 valence electrons. The van der Waals surface area contributed by atoms with Gasteiger partial charge in [-0.25, -0.2) is 0 Å². The average Bonchev–Trinajstić information content (AvgIpc) is 2.33. The Morgan fingerprint density at radius 2 is 2.06 bits per heavy atom. The summed E-state index contributed by atoms with van der Waals surface area (Å²) in [6.45, 7) is 9.52. The number of anilines is 1. The van der Waals surface area contributed by atoms with Crippen LogP contribution in [0.25, 0.3) is 10.9 Å². The molecule has 1 aromatic heterocycles. The molecule has 2 aromatic rings. The van der Waals surface area contributed by atoms with Gasteiger partial charge >= 0.3 is 0 Å². The smallest absolute Gasteiger partial charge is 0.0870 e. The minimum Gasteiger partial charge on any atom is -0.385 e. The number of benzene rings is 1. The summed E-state index contributed by atoms with van der Waals surface area (Å²) in [7, 11) is 0. The maximum atomic E-state index is 4.79. The van der Waals surface area contributed by atoms with Crippen molar-refractivity contribution in [3.63, 3.8) is 0 Å². The second kappa shape index (κ2) is 5.27. The van der Waals surface area contributed by atoms with Crippen molar-refractivity contribution in [1.82, 2.24) is 4.98 Å². The molecule has 0 atom stereocenters. The van der Waals surface area contributed by atoms with E-state index in [0.717, 1.165) is 22.2 Å². The Morgan fingerprint density at radius 1 is 1.33 bits per heavy atom. The SMILES string of the molecule is CCNc1cc(C(C)C)nc2c(Br)ccc(C)c12. The molecule has 3 heteroatoms. The van der Waals surface area contributed by atoms with Crippen LogP contribution in [0.1, 0.15) is 37.9 Å². The fourth-order valence-electron chi connectivity index (χ4n) is 2.12. The topological polar surface area (TPSA) is 24.9 Å². The first-order chi connectivity index (χ1) is 8.54. The van der Waals surface area contributed by atoms with Gasteiger partial charge < -0.3 is 5.32 Å². The van der Waals surface area contributed by atoms with E-state index in [1.165, 1.54) is 16.6 Å². The quantitative estimate of drug-likeness (QED) is 0.876. The van der Waals surface area contributed by atoms with E-state index in [4.69, 9.17) is 4.98 Å². The summed E-state index contributed by atoms with van der Waals surface area (Å²) in [6.07, 6.45) is 0. The molecule has 2 nitrogen and oxygen atoms in total. The van der Waals surface area contributed by atoms with Crippen molar-refractivity contribution in [3.8, 4) is 0 Å². The molecule has 0 fully saturated rings. The summed E-state index contributed by atoms with van der Waals surface area (Å²) in [5.41, 5.74) is 4.62. The molecule has 0 saturated heterocycles. The van der Waals surface area contributed by atoms with E-state index < -0.39 is 0 Å². The number of fused-ring (bicyclic) bond motifs is 1. The number of rotatable bonds is 3. The van der Waals surface area contributed by atoms with Crippen molar-refractivity contribution >= 4 is 32.5 Å². The van der Waals surface area contributed by atoms with Gasteiger partial charge in [-0.2, -0.15) is 0 Å². The van der Waals surface area contributed by atoms with Gasteiger partial charge in [-0.1, -0.05) is 19.9 Å². The van der Waals surface area contributed by atoms with E-state index >= 15 is 0 Å². The predicted molar refractivity (Wildman–Crippen MR) is 82.4 cm³/mol. The monoisotopic (exact) mass is 306 g/mol. The van der Waals surface area contributed by atoms with Crippen LogP contribution in [0.5, 0.6) is 0 Å². The number of pyridine rings is 1. The average molecular weight is 307 g/mol. The predicted octanol–water partition coefficient (Wildman–Crippen LogP) is 4.86. The van der Waals surface area contributed by atoms with Crippen LogP contribution in [0.4, 0.5) is 5.69 Å². The Morgan fingerprint density at radius 3 is 2.67 bits per heavy atom. The minimum atomic E-state index is 0.430. The zero-order chi connectivity index (χ0) is 13.3. The van der Waals surface area contributed by atoms with Gasteiger partial charge in [-0.15, -0.1) is 0 Å². The number of aryl methyl sites for hydroxylation is 1. The van der Waals surface area contributed by atoms with Gasteiger partial charge in [0.1, 0.15) is 0 Å². The van der Waals surface area contributed by atoms with Crippen LogP contribution in [-0.4, -0.2) is 11.5 Å². The first-order valence-electron chi connectivity index (χ1n) is 6.38. The Labute approximate surface area is 117 Å². The van der Waals surface area contributed by atoms with Gasteiger partial charge in [0.2, 0.25) is 0 Å². The molecule has 0 spiro atoms. The summed E-state index contributed by atoms with van der Waals surface area (Å²) in [4.78, 5) is 4.79. The Kier molecular flexibility index (Phi) is 3.91. The fourth-order valence-corrected chi connectivity index (χ4v) is 2.54. The molecule has 0 radical (unpaired) electrons. The lowest BCUT2D eigenvalue weighted by Gasteiger charge is -2.15. The van der Waals surface area contributed by atoms with E-state index in [1.807, 2.05) is 0 Å².